The third-order valence-corrected chi connectivity index (χ3v) is 7.35. The van der Waals surface area contributed by atoms with E-state index in [1.54, 1.807) is 23.4 Å². The van der Waals surface area contributed by atoms with E-state index in [0.717, 1.165) is 47.0 Å². The Hall–Kier alpha value is -1.93. The fourth-order valence-electron chi connectivity index (χ4n) is 3.79. The second kappa shape index (κ2) is 9.26. The van der Waals surface area contributed by atoms with Gasteiger partial charge in [0.1, 0.15) is 5.75 Å². The highest BCUT2D eigenvalue weighted by molar-refractivity contribution is 8.00. The summed E-state index contributed by atoms with van der Waals surface area (Å²) in [5.74, 6) is 1.86. The number of hydrogen-bond donors (Lipinski definition) is 1. The number of benzene rings is 1. The zero-order valence-electron chi connectivity index (χ0n) is 16.5. The number of methoxy groups -OCH3 is 1. The van der Waals surface area contributed by atoms with Crippen molar-refractivity contribution in [3.63, 3.8) is 0 Å². The molecule has 1 aliphatic heterocycles. The summed E-state index contributed by atoms with van der Waals surface area (Å²) in [6.45, 7) is 0. The van der Waals surface area contributed by atoms with Crippen molar-refractivity contribution in [2.45, 2.75) is 54.6 Å². The van der Waals surface area contributed by atoms with E-state index in [1.807, 2.05) is 24.3 Å². The lowest BCUT2D eigenvalue weighted by Crippen LogP contribution is -2.37. The maximum Gasteiger partial charge on any atom is 0.272 e. The molecule has 1 amide bonds. The summed E-state index contributed by atoms with van der Waals surface area (Å²) < 4.78 is 6.85. The molecule has 0 saturated heterocycles. The van der Waals surface area contributed by atoms with Crippen LogP contribution >= 0.6 is 23.5 Å². The van der Waals surface area contributed by atoms with Crippen LogP contribution in [0.4, 0.5) is 0 Å². The molecule has 1 saturated carbocycles. The third-order valence-electron chi connectivity index (χ3n) is 5.30. The fraction of sp³-hybridized carbons (Fsp3) is 0.476. The van der Waals surface area contributed by atoms with Gasteiger partial charge >= 0.3 is 0 Å². The Morgan fingerprint density at radius 3 is 2.76 bits per heavy atom. The number of aryl methyl sites for hydroxylation is 1. The van der Waals surface area contributed by atoms with E-state index in [9.17, 15) is 9.59 Å². The Bertz CT molecular complexity index is 937. The van der Waals surface area contributed by atoms with E-state index >= 15 is 0 Å². The Morgan fingerprint density at radius 1 is 1.28 bits per heavy atom. The Morgan fingerprint density at radius 2 is 2.03 bits per heavy atom. The van der Waals surface area contributed by atoms with Crippen LogP contribution in [0.25, 0.3) is 5.69 Å². The van der Waals surface area contributed by atoms with Crippen LogP contribution in [0.1, 0.15) is 37.8 Å². The highest BCUT2D eigenvalue weighted by Gasteiger charge is 2.23. The topological polar surface area (TPSA) is 73.2 Å². The SMILES string of the molecule is COc1ccc(-n2c(SCC(=O)NC3CCCCC3)nc3c(c2=O)SCC3)cc1. The summed E-state index contributed by atoms with van der Waals surface area (Å²) in [4.78, 5) is 31.1. The van der Waals surface area contributed by atoms with Crippen molar-refractivity contribution >= 4 is 29.4 Å². The second-order valence-corrected chi connectivity index (χ2v) is 9.35. The molecule has 154 valence electrons. The number of rotatable bonds is 6. The van der Waals surface area contributed by atoms with Gasteiger partial charge in [0, 0.05) is 18.2 Å². The number of hydrogen-bond acceptors (Lipinski definition) is 6. The average molecular weight is 432 g/mol. The third kappa shape index (κ3) is 4.64. The van der Waals surface area contributed by atoms with E-state index < -0.39 is 0 Å². The molecular formula is C21H25N3O3S2. The first kappa shape index (κ1) is 20.3. The van der Waals surface area contributed by atoms with Crippen LogP contribution in [0.15, 0.2) is 39.1 Å². The van der Waals surface area contributed by atoms with Crippen molar-refractivity contribution in [2.24, 2.45) is 0 Å². The molecule has 1 aromatic carbocycles. The molecule has 6 nitrogen and oxygen atoms in total. The number of fused-ring (bicyclic) bond motifs is 1. The number of amides is 1. The molecule has 8 heteroatoms. The molecule has 0 unspecified atom stereocenters. The van der Waals surface area contributed by atoms with E-state index in [4.69, 9.17) is 9.72 Å². The van der Waals surface area contributed by atoms with Crippen LogP contribution in [0, 0.1) is 0 Å². The van der Waals surface area contributed by atoms with Crippen molar-refractivity contribution in [3.8, 4) is 11.4 Å². The van der Waals surface area contributed by atoms with E-state index in [1.165, 1.54) is 31.0 Å². The Labute approximate surface area is 178 Å². The minimum atomic E-state index is -0.0575. The minimum absolute atomic E-state index is 0.00676. The summed E-state index contributed by atoms with van der Waals surface area (Å²) in [7, 11) is 1.61. The van der Waals surface area contributed by atoms with Gasteiger partial charge in [-0.3, -0.25) is 14.2 Å². The van der Waals surface area contributed by atoms with Crippen molar-refractivity contribution in [1.29, 1.82) is 0 Å². The quantitative estimate of drug-likeness (QED) is 0.558. The summed E-state index contributed by atoms with van der Waals surface area (Å²) in [6.07, 6.45) is 6.52. The first-order valence-electron chi connectivity index (χ1n) is 10.0. The molecule has 2 aromatic rings. The standard InChI is InChI=1S/C21H25N3O3S2/c1-27-16-9-7-15(8-10-16)24-20(26)19-17(11-12-28-19)23-21(24)29-13-18(25)22-14-5-3-2-4-6-14/h7-10,14H,2-6,11-13H2,1H3,(H,22,25). The van der Waals surface area contributed by atoms with Gasteiger partial charge in [-0.25, -0.2) is 4.98 Å². The highest BCUT2D eigenvalue weighted by Crippen LogP contribution is 2.30. The average Bonchev–Trinajstić information content (AvgIpc) is 3.22. The van der Waals surface area contributed by atoms with Crippen LogP contribution in [0.3, 0.4) is 0 Å². The highest BCUT2D eigenvalue weighted by atomic mass is 32.2. The van der Waals surface area contributed by atoms with Crippen molar-refractivity contribution in [2.75, 3.05) is 18.6 Å². The van der Waals surface area contributed by atoms with Gasteiger partial charge in [0.15, 0.2) is 5.16 Å². The molecule has 1 aliphatic carbocycles. The molecule has 2 heterocycles. The van der Waals surface area contributed by atoms with Gasteiger partial charge in [-0.1, -0.05) is 31.0 Å². The number of thioether (sulfide) groups is 2. The molecule has 0 radical (unpaired) electrons. The van der Waals surface area contributed by atoms with Crippen LogP contribution in [0.2, 0.25) is 0 Å². The maximum atomic E-state index is 13.2. The predicted molar refractivity (Wildman–Crippen MR) is 117 cm³/mol. The second-order valence-electron chi connectivity index (χ2n) is 7.30. The van der Waals surface area contributed by atoms with Gasteiger partial charge in [-0.05, 0) is 37.1 Å². The number of nitrogens with zero attached hydrogens (tertiary/aromatic N) is 2. The smallest absolute Gasteiger partial charge is 0.272 e. The first-order chi connectivity index (χ1) is 14.2. The number of nitrogens with one attached hydrogen (secondary N) is 1. The lowest BCUT2D eigenvalue weighted by molar-refractivity contribution is -0.119. The molecule has 4 rings (SSSR count). The van der Waals surface area contributed by atoms with Crippen molar-refractivity contribution in [3.05, 3.63) is 40.3 Å². The van der Waals surface area contributed by atoms with Crippen LogP contribution in [-0.2, 0) is 11.2 Å². The number of carbonyl (C=O) groups is 1. The van der Waals surface area contributed by atoms with Gasteiger partial charge in [-0.2, -0.15) is 0 Å². The van der Waals surface area contributed by atoms with Gasteiger partial charge in [-0.15, -0.1) is 11.8 Å². The van der Waals surface area contributed by atoms with Crippen LogP contribution in [-0.4, -0.2) is 40.1 Å². The molecular weight excluding hydrogens is 406 g/mol. The lowest BCUT2D eigenvalue weighted by atomic mass is 9.95. The monoisotopic (exact) mass is 431 g/mol. The van der Waals surface area contributed by atoms with Crippen molar-refractivity contribution < 1.29 is 9.53 Å². The van der Waals surface area contributed by atoms with E-state index in [2.05, 4.69) is 5.32 Å². The van der Waals surface area contributed by atoms with E-state index in [-0.39, 0.29) is 23.3 Å². The molecule has 0 spiro atoms. The van der Waals surface area contributed by atoms with Crippen LogP contribution in [0.5, 0.6) is 5.75 Å². The van der Waals surface area contributed by atoms with Crippen molar-refractivity contribution in [1.82, 2.24) is 14.9 Å². The molecule has 1 aromatic heterocycles. The zero-order chi connectivity index (χ0) is 20.2. The lowest BCUT2D eigenvalue weighted by Gasteiger charge is -2.22. The molecule has 1 N–H and O–H groups in total. The number of carbonyl (C=O) groups excluding carboxylic acids is 1. The number of ether oxygens (including phenoxy) is 1. The number of aromatic nitrogens is 2. The van der Waals surface area contributed by atoms with Gasteiger partial charge in [0.25, 0.3) is 5.56 Å². The fourth-order valence-corrected chi connectivity index (χ4v) is 5.66. The van der Waals surface area contributed by atoms with E-state index in [0.29, 0.717) is 5.16 Å². The molecule has 0 bridgehead atoms. The zero-order valence-corrected chi connectivity index (χ0v) is 18.1. The maximum absolute atomic E-state index is 13.2. The molecule has 29 heavy (non-hydrogen) atoms. The summed E-state index contributed by atoms with van der Waals surface area (Å²) in [6, 6.07) is 7.63. The minimum Gasteiger partial charge on any atom is -0.497 e. The predicted octanol–water partition coefficient (Wildman–Crippen LogP) is 3.43. The first-order valence-corrected chi connectivity index (χ1v) is 12.0. The Balaban J connectivity index is 1.57. The van der Waals surface area contributed by atoms with Crippen LogP contribution < -0.4 is 15.6 Å². The normalized spacial score (nSPS) is 16.4. The summed E-state index contributed by atoms with van der Waals surface area (Å²) in [5, 5.41) is 3.70. The molecule has 1 fully saturated rings. The van der Waals surface area contributed by atoms with Gasteiger partial charge in [0.05, 0.1) is 29.1 Å². The Kier molecular flexibility index (Phi) is 6.50. The summed E-state index contributed by atoms with van der Waals surface area (Å²) >= 11 is 2.89. The molecule has 2 aliphatic rings. The van der Waals surface area contributed by atoms with Gasteiger partial charge < -0.3 is 10.1 Å². The largest absolute Gasteiger partial charge is 0.497 e. The molecule has 0 atom stereocenters. The summed E-state index contributed by atoms with van der Waals surface area (Å²) in [5.41, 5.74) is 1.52. The van der Waals surface area contributed by atoms with Gasteiger partial charge in [0.2, 0.25) is 5.91 Å².